The molecule has 4 heteroatoms. The molecule has 2 heterocycles. The van der Waals surface area contributed by atoms with Gasteiger partial charge in [-0.05, 0) is 42.5 Å². The van der Waals surface area contributed by atoms with E-state index in [4.69, 9.17) is 0 Å². The lowest BCUT2D eigenvalue weighted by atomic mass is 9.75. The van der Waals surface area contributed by atoms with Gasteiger partial charge in [-0.1, -0.05) is 31.7 Å². The maximum Gasteiger partial charge on any atom is 0.287 e. The molecule has 3 atom stereocenters. The third kappa shape index (κ3) is 1.18. The summed E-state index contributed by atoms with van der Waals surface area (Å²) in [5.41, 5.74) is 4.51. The number of piperidine rings is 1. The molecule has 3 unspecified atom stereocenters. The van der Waals surface area contributed by atoms with E-state index < -0.39 is 0 Å². The van der Waals surface area contributed by atoms with Crippen LogP contribution in [0, 0.1) is 5.41 Å². The third-order valence-electron chi connectivity index (χ3n) is 6.33. The molecule has 108 valence electrons. The summed E-state index contributed by atoms with van der Waals surface area (Å²) in [5, 5.41) is 1.12. The highest BCUT2D eigenvalue weighted by Crippen LogP contribution is 2.73. The summed E-state index contributed by atoms with van der Waals surface area (Å²) in [4.78, 5) is 14.3. The molecule has 1 aromatic heterocycles. The summed E-state index contributed by atoms with van der Waals surface area (Å²) in [7, 11) is 2.25. The number of nitrogens with zero attached hydrogens (tertiary/aromatic N) is 2. The maximum atomic E-state index is 11.8. The van der Waals surface area contributed by atoms with Crippen LogP contribution >= 0.6 is 12.6 Å². The number of aromatic nitrogens is 1. The highest BCUT2D eigenvalue weighted by atomic mass is 32.1. The molecule has 3 aliphatic rings. The summed E-state index contributed by atoms with van der Waals surface area (Å²) < 4.78 is 1.70. The Morgan fingerprint density at radius 2 is 2.24 bits per heavy atom. The Morgan fingerprint density at radius 3 is 3.00 bits per heavy atom. The van der Waals surface area contributed by atoms with Crippen molar-refractivity contribution in [3.8, 4) is 0 Å². The number of hydrogen-bond acceptors (Lipinski definition) is 2. The minimum Gasteiger partial charge on any atom is -0.302 e. The smallest absolute Gasteiger partial charge is 0.287 e. The Balaban J connectivity index is 1.87. The van der Waals surface area contributed by atoms with Crippen molar-refractivity contribution < 1.29 is 4.79 Å². The number of likely N-dealkylation sites (N-methyl/N-ethyl adjacent to an activating group) is 1. The van der Waals surface area contributed by atoms with Crippen molar-refractivity contribution in [3.05, 3.63) is 35.5 Å². The van der Waals surface area contributed by atoms with Crippen molar-refractivity contribution >= 4 is 28.8 Å². The fraction of sp³-hybridized carbons (Fsp3) is 0.471. The SMILES string of the molecule is CN1CC2(C)CC23c2cccc4c2c(cn4C(=O)S)CC13. The molecule has 2 fully saturated rings. The number of likely N-dealkylation sites (tertiary alicyclic amines) is 1. The van der Waals surface area contributed by atoms with Gasteiger partial charge in [-0.2, -0.15) is 0 Å². The van der Waals surface area contributed by atoms with Gasteiger partial charge in [0.05, 0.1) is 5.52 Å². The van der Waals surface area contributed by atoms with Gasteiger partial charge in [-0.25, -0.2) is 0 Å². The lowest BCUT2D eigenvalue weighted by Crippen LogP contribution is -2.40. The molecule has 3 nitrogen and oxygen atoms in total. The summed E-state index contributed by atoms with van der Waals surface area (Å²) >= 11 is 4.03. The monoisotopic (exact) mass is 298 g/mol. The van der Waals surface area contributed by atoms with Crippen molar-refractivity contribution in [1.29, 1.82) is 0 Å². The number of carbonyl (C=O) groups is 1. The normalized spacial score (nSPS) is 36.6. The van der Waals surface area contributed by atoms with Crippen LogP contribution in [0.1, 0.15) is 24.5 Å². The van der Waals surface area contributed by atoms with Crippen LogP contribution in [0.3, 0.4) is 0 Å². The molecule has 0 amide bonds. The first kappa shape index (κ1) is 12.3. The Kier molecular flexibility index (Phi) is 1.98. The highest BCUT2D eigenvalue weighted by Gasteiger charge is 2.74. The molecule has 1 aromatic carbocycles. The van der Waals surface area contributed by atoms with E-state index in [9.17, 15) is 4.79 Å². The van der Waals surface area contributed by atoms with E-state index in [1.165, 1.54) is 29.5 Å². The minimum absolute atomic E-state index is 0.195. The molecule has 5 rings (SSSR count). The number of hydrogen-bond donors (Lipinski definition) is 1. The predicted octanol–water partition coefficient (Wildman–Crippen LogP) is 3.06. The molecule has 0 bridgehead atoms. The number of carbonyl (C=O) groups excluding carboxylic acids is 1. The zero-order valence-corrected chi connectivity index (χ0v) is 13.2. The first-order valence-corrected chi connectivity index (χ1v) is 8.00. The van der Waals surface area contributed by atoms with Crippen LogP contribution in [0.25, 0.3) is 10.9 Å². The van der Waals surface area contributed by atoms with Crippen molar-refractivity contribution in [1.82, 2.24) is 9.47 Å². The van der Waals surface area contributed by atoms with Gasteiger partial charge in [0.2, 0.25) is 0 Å². The van der Waals surface area contributed by atoms with Crippen molar-refractivity contribution in [3.63, 3.8) is 0 Å². The second-order valence-electron chi connectivity index (χ2n) is 7.35. The van der Waals surface area contributed by atoms with Gasteiger partial charge in [-0.15, -0.1) is 0 Å². The summed E-state index contributed by atoms with van der Waals surface area (Å²) in [6.07, 6.45) is 4.34. The van der Waals surface area contributed by atoms with Gasteiger partial charge < -0.3 is 4.90 Å². The maximum absolute atomic E-state index is 11.8. The second-order valence-corrected chi connectivity index (χ2v) is 7.73. The molecular formula is C17H18N2OS. The van der Waals surface area contributed by atoms with E-state index in [-0.39, 0.29) is 5.24 Å². The molecule has 0 N–H and O–H groups in total. The molecular weight excluding hydrogens is 280 g/mol. The van der Waals surface area contributed by atoms with Crippen LogP contribution in [0.2, 0.25) is 0 Å². The van der Waals surface area contributed by atoms with E-state index in [0.717, 1.165) is 11.9 Å². The summed E-state index contributed by atoms with van der Waals surface area (Å²) in [6.45, 7) is 3.61. The lowest BCUT2D eigenvalue weighted by molar-refractivity contribution is 0.246. The minimum atomic E-state index is -0.195. The van der Waals surface area contributed by atoms with Crippen molar-refractivity contribution in [2.45, 2.75) is 31.2 Å². The van der Waals surface area contributed by atoms with Gasteiger partial charge in [0, 0.05) is 29.6 Å². The van der Waals surface area contributed by atoms with E-state index in [1.807, 2.05) is 12.3 Å². The zero-order valence-electron chi connectivity index (χ0n) is 12.3. The van der Waals surface area contributed by atoms with Gasteiger partial charge in [0.15, 0.2) is 0 Å². The Labute approximate surface area is 129 Å². The predicted molar refractivity (Wildman–Crippen MR) is 86.2 cm³/mol. The first-order chi connectivity index (χ1) is 9.98. The van der Waals surface area contributed by atoms with E-state index >= 15 is 0 Å². The highest BCUT2D eigenvalue weighted by molar-refractivity contribution is 7.96. The largest absolute Gasteiger partial charge is 0.302 e. The van der Waals surface area contributed by atoms with Gasteiger partial charge >= 0.3 is 0 Å². The van der Waals surface area contributed by atoms with Crippen LogP contribution in [0.5, 0.6) is 0 Å². The molecule has 2 aromatic rings. The fourth-order valence-electron chi connectivity index (χ4n) is 5.52. The number of rotatable bonds is 0. The molecule has 2 aliphatic carbocycles. The summed E-state index contributed by atoms with van der Waals surface area (Å²) in [6, 6.07) is 7.01. The number of thiol groups is 1. The van der Waals surface area contributed by atoms with Crippen LogP contribution in [0.15, 0.2) is 24.4 Å². The average molecular weight is 298 g/mol. The Bertz CT molecular complexity index is 826. The van der Waals surface area contributed by atoms with E-state index in [2.05, 4.69) is 43.6 Å². The fourth-order valence-corrected chi connectivity index (χ4v) is 5.68. The first-order valence-electron chi connectivity index (χ1n) is 7.55. The van der Waals surface area contributed by atoms with Crippen LogP contribution in [-0.4, -0.2) is 34.3 Å². The van der Waals surface area contributed by atoms with Gasteiger partial charge in [0.1, 0.15) is 0 Å². The van der Waals surface area contributed by atoms with Crippen LogP contribution in [-0.2, 0) is 11.8 Å². The van der Waals surface area contributed by atoms with Crippen LogP contribution in [0.4, 0.5) is 4.79 Å². The molecule has 1 spiro atoms. The third-order valence-corrected chi connectivity index (χ3v) is 6.54. The lowest BCUT2D eigenvalue weighted by Gasteiger charge is -2.34. The molecule has 21 heavy (non-hydrogen) atoms. The quantitative estimate of drug-likeness (QED) is 0.756. The van der Waals surface area contributed by atoms with Crippen molar-refractivity contribution in [2.24, 2.45) is 5.41 Å². The number of benzene rings is 1. The zero-order chi connectivity index (χ0) is 14.6. The molecule has 1 aliphatic heterocycles. The van der Waals surface area contributed by atoms with E-state index in [1.54, 1.807) is 4.57 Å². The van der Waals surface area contributed by atoms with Gasteiger partial charge in [0.25, 0.3) is 5.24 Å². The molecule has 1 saturated carbocycles. The van der Waals surface area contributed by atoms with E-state index in [0.29, 0.717) is 16.9 Å². The Morgan fingerprint density at radius 1 is 1.43 bits per heavy atom. The van der Waals surface area contributed by atoms with Crippen molar-refractivity contribution in [2.75, 3.05) is 13.6 Å². The van der Waals surface area contributed by atoms with Gasteiger partial charge in [-0.3, -0.25) is 9.36 Å². The average Bonchev–Trinajstić information content (AvgIpc) is 2.76. The Hall–Kier alpha value is -1.26. The summed E-state index contributed by atoms with van der Waals surface area (Å²) in [5.74, 6) is 0. The molecule has 0 radical (unpaired) electrons. The molecule has 1 saturated heterocycles. The second kappa shape index (κ2) is 3.39. The topological polar surface area (TPSA) is 25.2 Å². The standard InChI is InChI=1S/C17H18N2OS/c1-16-8-17(16)11-4-3-5-12-14(11)10(7-19(12)15(20)21)6-13(17)18(2)9-16/h3-5,7,13H,6,8-9H2,1-2H3,(H,20,21). The van der Waals surface area contributed by atoms with Crippen LogP contribution < -0.4 is 0 Å².